The molecule has 1 unspecified atom stereocenters. The zero-order valence-electron chi connectivity index (χ0n) is 19.8. The van der Waals surface area contributed by atoms with Gasteiger partial charge >= 0.3 is 6.03 Å². The van der Waals surface area contributed by atoms with E-state index in [1.54, 1.807) is 41.9 Å². The van der Waals surface area contributed by atoms with Crippen LogP contribution in [0.15, 0.2) is 84.9 Å². The van der Waals surface area contributed by atoms with E-state index < -0.39 is 18.0 Å². The normalized spacial score (nSPS) is 11.1. The van der Waals surface area contributed by atoms with Gasteiger partial charge in [-0.1, -0.05) is 49.2 Å². The number of carbonyl (C=O) groups is 3. The van der Waals surface area contributed by atoms with Gasteiger partial charge in [-0.15, -0.1) is 0 Å². The summed E-state index contributed by atoms with van der Waals surface area (Å²) in [5.41, 5.74) is 2.77. The lowest BCUT2D eigenvalue weighted by molar-refractivity contribution is -0.129. The monoisotopic (exact) mass is 490 g/mol. The standard InChI is InChI=1S/C27H30N4O5/c32-25(31-35)15-9-3-8-14-24(26(33)28-20-10-4-1-5-11-20)30-27(34)29-21-16-18-23(19-17-21)36-22-12-6-2-7-13-22/h1-2,4-7,10-13,16-19,24,35H,3,8-9,14-15H2,(H,28,33)(H,31,32)(H2,29,30,34). The summed E-state index contributed by atoms with van der Waals surface area (Å²) in [5, 5.41) is 16.9. The highest BCUT2D eigenvalue weighted by Crippen LogP contribution is 2.22. The van der Waals surface area contributed by atoms with Crippen molar-refractivity contribution < 1.29 is 24.3 Å². The first kappa shape index (κ1) is 26.2. The number of hydroxylamine groups is 1. The number of anilines is 2. The minimum Gasteiger partial charge on any atom is -0.457 e. The molecular weight excluding hydrogens is 460 g/mol. The summed E-state index contributed by atoms with van der Waals surface area (Å²) >= 11 is 0. The number of amides is 4. The van der Waals surface area contributed by atoms with Crippen LogP contribution in [0.3, 0.4) is 0 Å². The Hall–Kier alpha value is -4.37. The Morgan fingerprint density at radius 3 is 2.00 bits per heavy atom. The van der Waals surface area contributed by atoms with Gasteiger partial charge in [0.25, 0.3) is 0 Å². The molecule has 36 heavy (non-hydrogen) atoms. The number of benzene rings is 3. The van der Waals surface area contributed by atoms with E-state index >= 15 is 0 Å². The van der Waals surface area contributed by atoms with Gasteiger partial charge in [-0.25, -0.2) is 10.3 Å². The van der Waals surface area contributed by atoms with Crippen LogP contribution in [-0.2, 0) is 9.59 Å². The molecule has 188 valence electrons. The highest BCUT2D eigenvalue weighted by atomic mass is 16.5. The smallest absolute Gasteiger partial charge is 0.319 e. The number of urea groups is 1. The molecule has 0 radical (unpaired) electrons. The first-order valence-corrected chi connectivity index (χ1v) is 11.7. The minimum atomic E-state index is -0.780. The quantitative estimate of drug-likeness (QED) is 0.138. The van der Waals surface area contributed by atoms with E-state index in [1.807, 2.05) is 48.5 Å². The van der Waals surface area contributed by atoms with Crippen LogP contribution >= 0.6 is 0 Å². The van der Waals surface area contributed by atoms with Crippen molar-refractivity contribution >= 4 is 29.2 Å². The molecule has 5 N–H and O–H groups in total. The molecule has 3 aromatic carbocycles. The summed E-state index contributed by atoms with van der Waals surface area (Å²) in [6, 6.07) is 24.0. The maximum atomic E-state index is 12.9. The topological polar surface area (TPSA) is 129 Å². The molecule has 9 nitrogen and oxygen atoms in total. The second-order valence-corrected chi connectivity index (χ2v) is 8.08. The van der Waals surface area contributed by atoms with E-state index in [9.17, 15) is 14.4 Å². The molecule has 0 heterocycles. The Morgan fingerprint density at radius 2 is 1.33 bits per heavy atom. The molecule has 0 aromatic heterocycles. The predicted molar refractivity (Wildman–Crippen MR) is 137 cm³/mol. The van der Waals surface area contributed by atoms with Crippen molar-refractivity contribution in [3.63, 3.8) is 0 Å². The van der Waals surface area contributed by atoms with E-state index in [0.29, 0.717) is 48.6 Å². The van der Waals surface area contributed by atoms with Gasteiger partial charge in [0.2, 0.25) is 11.8 Å². The van der Waals surface area contributed by atoms with Crippen molar-refractivity contribution in [2.24, 2.45) is 0 Å². The molecule has 3 aromatic rings. The van der Waals surface area contributed by atoms with E-state index in [4.69, 9.17) is 9.94 Å². The fourth-order valence-electron chi connectivity index (χ4n) is 3.44. The lowest BCUT2D eigenvalue weighted by Crippen LogP contribution is -2.45. The molecule has 0 aliphatic carbocycles. The number of para-hydroxylation sites is 2. The SMILES string of the molecule is O=C(CCCCCC(NC(=O)Nc1ccc(Oc2ccccc2)cc1)C(=O)Nc1ccccc1)NO. The third-order valence-corrected chi connectivity index (χ3v) is 5.28. The Balaban J connectivity index is 1.55. The van der Waals surface area contributed by atoms with E-state index in [1.165, 1.54) is 0 Å². The first-order valence-electron chi connectivity index (χ1n) is 11.7. The Bertz CT molecular complexity index is 1110. The highest BCUT2D eigenvalue weighted by molar-refractivity contribution is 5.99. The van der Waals surface area contributed by atoms with E-state index in [0.717, 1.165) is 0 Å². The zero-order chi connectivity index (χ0) is 25.6. The summed E-state index contributed by atoms with van der Waals surface area (Å²) in [4.78, 5) is 36.7. The number of hydrogen-bond donors (Lipinski definition) is 5. The molecule has 0 saturated heterocycles. The number of ether oxygens (including phenoxy) is 1. The van der Waals surface area contributed by atoms with Crippen LogP contribution in [-0.4, -0.2) is 29.1 Å². The molecule has 0 fully saturated rings. The molecule has 3 rings (SSSR count). The summed E-state index contributed by atoms with van der Waals surface area (Å²) in [7, 11) is 0. The summed E-state index contributed by atoms with van der Waals surface area (Å²) in [6.07, 6.45) is 2.40. The van der Waals surface area contributed by atoms with Crippen molar-refractivity contribution in [2.75, 3.05) is 10.6 Å². The fourth-order valence-corrected chi connectivity index (χ4v) is 3.44. The van der Waals surface area contributed by atoms with Gasteiger partial charge in [0.15, 0.2) is 0 Å². The van der Waals surface area contributed by atoms with E-state index in [-0.39, 0.29) is 12.3 Å². The lowest BCUT2D eigenvalue weighted by Gasteiger charge is -2.19. The predicted octanol–water partition coefficient (Wildman–Crippen LogP) is 5.06. The van der Waals surface area contributed by atoms with Crippen LogP contribution in [0.25, 0.3) is 0 Å². The van der Waals surface area contributed by atoms with Gasteiger partial charge < -0.3 is 20.7 Å². The largest absolute Gasteiger partial charge is 0.457 e. The third-order valence-electron chi connectivity index (χ3n) is 5.28. The highest BCUT2D eigenvalue weighted by Gasteiger charge is 2.21. The Kier molecular flexibility index (Phi) is 10.3. The van der Waals surface area contributed by atoms with E-state index in [2.05, 4.69) is 16.0 Å². The van der Waals surface area contributed by atoms with Crippen LogP contribution in [0.5, 0.6) is 11.5 Å². The minimum absolute atomic E-state index is 0.190. The van der Waals surface area contributed by atoms with Gasteiger partial charge in [-0.2, -0.15) is 0 Å². The second kappa shape index (κ2) is 14.1. The number of carbonyl (C=O) groups excluding carboxylic acids is 3. The molecule has 0 saturated carbocycles. The first-order chi connectivity index (χ1) is 17.5. The van der Waals surface area contributed by atoms with Gasteiger partial charge in [0.05, 0.1) is 0 Å². The molecule has 0 aliphatic heterocycles. The average Bonchev–Trinajstić information content (AvgIpc) is 2.90. The van der Waals surface area contributed by atoms with Gasteiger partial charge in [0.1, 0.15) is 17.5 Å². The van der Waals surface area contributed by atoms with Gasteiger partial charge in [-0.05, 0) is 61.4 Å². The van der Waals surface area contributed by atoms with Crippen LogP contribution in [0.1, 0.15) is 32.1 Å². The van der Waals surface area contributed by atoms with Crippen molar-refractivity contribution in [3.8, 4) is 11.5 Å². The summed E-state index contributed by atoms with van der Waals surface area (Å²) in [6.45, 7) is 0. The number of nitrogens with one attached hydrogen (secondary N) is 4. The van der Waals surface area contributed by atoms with Crippen molar-refractivity contribution in [2.45, 2.75) is 38.1 Å². The molecule has 9 heteroatoms. The van der Waals surface area contributed by atoms with Crippen LogP contribution < -0.4 is 26.2 Å². The fraction of sp³-hybridized carbons (Fsp3) is 0.222. The van der Waals surface area contributed by atoms with Crippen LogP contribution in [0.4, 0.5) is 16.2 Å². The Labute approximate surface area is 209 Å². The van der Waals surface area contributed by atoms with Crippen LogP contribution in [0, 0.1) is 0 Å². The number of unbranched alkanes of at least 4 members (excludes halogenated alkanes) is 2. The Morgan fingerprint density at radius 1 is 0.722 bits per heavy atom. The summed E-state index contributed by atoms with van der Waals surface area (Å²) in [5.74, 6) is 0.546. The van der Waals surface area contributed by atoms with Crippen molar-refractivity contribution in [3.05, 3.63) is 84.9 Å². The maximum Gasteiger partial charge on any atom is 0.319 e. The molecular formula is C27H30N4O5. The number of rotatable bonds is 12. The third kappa shape index (κ3) is 9.11. The maximum absolute atomic E-state index is 12.9. The van der Waals surface area contributed by atoms with Crippen molar-refractivity contribution in [1.82, 2.24) is 10.8 Å². The lowest BCUT2D eigenvalue weighted by atomic mass is 10.1. The van der Waals surface area contributed by atoms with Gasteiger partial charge in [-0.3, -0.25) is 14.8 Å². The molecule has 0 aliphatic rings. The second-order valence-electron chi connectivity index (χ2n) is 8.08. The van der Waals surface area contributed by atoms with Crippen LogP contribution in [0.2, 0.25) is 0 Å². The van der Waals surface area contributed by atoms with Gasteiger partial charge in [0, 0.05) is 17.8 Å². The molecule has 0 bridgehead atoms. The van der Waals surface area contributed by atoms with Crippen molar-refractivity contribution in [1.29, 1.82) is 0 Å². The average molecular weight is 491 g/mol. The summed E-state index contributed by atoms with van der Waals surface area (Å²) < 4.78 is 5.76. The molecule has 0 spiro atoms. The number of hydrogen-bond acceptors (Lipinski definition) is 5. The zero-order valence-corrected chi connectivity index (χ0v) is 19.8. The molecule has 1 atom stereocenters. The molecule has 4 amide bonds.